The van der Waals surface area contributed by atoms with Gasteiger partial charge in [-0.15, -0.1) is 0 Å². The molecule has 3 atom stereocenters. The minimum absolute atomic E-state index is 0.0691. The number of nitrogens with one attached hydrogen (secondary N) is 4. The molecule has 0 unspecified atom stereocenters. The summed E-state index contributed by atoms with van der Waals surface area (Å²) in [7, 11) is 1.56. The molecule has 3 aromatic rings. The Morgan fingerprint density at radius 2 is 1.93 bits per heavy atom. The third-order valence-electron chi connectivity index (χ3n) is 7.04. The van der Waals surface area contributed by atoms with Crippen LogP contribution in [-0.4, -0.2) is 65.8 Å². The highest BCUT2D eigenvalue weighted by molar-refractivity contribution is 6.02. The minimum Gasteiger partial charge on any atom is -0.496 e. The molecular formula is C30H37N5O6. The summed E-state index contributed by atoms with van der Waals surface area (Å²) in [6, 6.07) is 10.3. The van der Waals surface area contributed by atoms with Crippen molar-refractivity contribution in [3.05, 3.63) is 54.4 Å². The van der Waals surface area contributed by atoms with Crippen LogP contribution < -0.4 is 25.4 Å². The maximum Gasteiger partial charge on any atom is 0.268 e. The highest BCUT2D eigenvalue weighted by atomic mass is 16.5. The number of nitrogens with zero attached hydrogens (tertiary/aromatic N) is 1. The molecule has 11 nitrogen and oxygen atoms in total. The molecule has 0 bridgehead atoms. The Labute approximate surface area is 238 Å². The highest BCUT2D eigenvalue weighted by Gasteiger charge is 2.33. The first-order chi connectivity index (χ1) is 19.7. The van der Waals surface area contributed by atoms with Gasteiger partial charge in [-0.2, -0.15) is 0 Å². The van der Waals surface area contributed by atoms with Crippen LogP contribution in [0.25, 0.3) is 10.9 Å². The number of methoxy groups -OCH3 is 1. The smallest absolute Gasteiger partial charge is 0.268 e. The van der Waals surface area contributed by atoms with Crippen molar-refractivity contribution in [2.75, 3.05) is 20.3 Å². The van der Waals surface area contributed by atoms with Gasteiger partial charge in [0.25, 0.3) is 5.91 Å². The second-order valence-electron chi connectivity index (χ2n) is 10.6. The van der Waals surface area contributed by atoms with Crippen molar-refractivity contribution in [1.29, 1.82) is 0 Å². The van der Waals surface area contributed by atoms with E-state index in [0.29, 0.717) is 25.1 Å². The number of ketones is 1. The van der Waals surface area contributed by atoms with E-state index in [0.717, 1.165) is 17.3 Å². The van der Waals surface area contributed by atoms with Crippen LogP contribution in [0.15, 0.2) is 48.7 Å². The zero-order chi connectivity index (χ0) is 29.4. The molecular weight excluding hydrogens is 526 g/mol. The maximum atomic E-state index is 13.6. The average Bonchev–Trinajstić information content (AvgIpc) is 3.41. The lowest BCUT2D eigenvalue weighted by molar-refractivity contribution is -0.132. The summed E-state index contributed by atoms with van der Waals surface area (Å²) in [5, 5.41) is 9.21. The number of hydrogen-bond donors (Lipinski definition) is 4. The topological polar surface area (TPSA) is 152 Å². The molecule has 3 heterocycles. The molecule has 1 saturated heterocycles. The summed E-state index contributed by atoms with van der Waals surface area (Å²) in [4.78, 5) is 59.7. The van der Waals surface area contributed by atoms with Gasteiger partial charge < -0.3 is 30.4 Å². The Balaban J connectivity index is 1.50. The van der Waals surface area contributed by atoms with Crippen LogP contribution in [-0.2, 0) is 14.4 Å². The molecule has 0 aliphatic carbocycles. The van der Waals surface area contributed by atoms with E-state index < -0.39 is 29.8 Å². The third kappa shape index (κ3) is 7.84. The summed E-state index contributed by atoms with van der Waals surface area (Å²) >= 11 is 0. The van der Waals surface area contributed by atoms with Crippen molar-refractivity contribution in [2.45, 2.75) is 51.6 Å². The predicted molar refractivity (Wildman–Crippen MR) is 153 cm³/mol. The Hall–Kier alpha value is -4.41. The molecule has 0 spiro atoms. The van der Waals surface area contributed by atoms with E-state index in [4.69, 9.17) is 9.47 Å². The van der Waals surface area contributed by atoms with Crippen molar-refractivity contribution in [2.24, 2.45) is 11.8 Å². The lowest BCUT2D eigenvalue weighted by atomic mass is 9.90. The molecule has 4 rings (SSSR count). The van der Waals surface area contributed by atoms with E-state index in [-0.39, 0.29) is 42.2 Å². The van der Waals surface area contributed by atoms with Gasteiger partial charge in [-0.3, -0.25) is 19.2 Å². The first-order valence-corrected chi connectivity index (χ1v) is 13.9. The van der Waals surface area contributed by atoms with Crippen molar-refractivity contribution < 1.29 is 28.7 Å². The zero-order valence-electron chi connectivity index (χ0n) is 23.6. The van der Waals surface area contributed by atoms with Crippen molar-refractivity contribution in [3.8, 4) is 11.6 Å². The molecule has 1 aliphatic heterocycles. The lowest BCUT2D eigenvalue weighted by Crippen LogP contribution is -2.54. The first kappa shape index (κ1) is 29.6. The van der Waals surface area contributed by atoms with E-state index in [1.54, 1.807) is 43.6 Å². The molecule has 1 fully saturated rings. The number of pyridine rings is 1. The summed E-state index contributed by atoms with van der Waals surface area (Å²) in [5.74, 6) is -0.955. The summed E-state index contributed by atoms with van der Waals surface area (Å²) in [5.41, 5.74) is 1.00. The number of ether oxygens (including phenoxy) is 2. The third-order valence-corrected chi connectivity index (χ3v) is 7.04. The number of Topliss-reactive ketones (excluding diaryl/α,β-unsaturated/α-hetero) is 1. The highest BCUT2D eigenvalue weighted by Crippen LogP contribution is 2.26. The number of carbonyl (C=O) groups is 4. The summed E-state index contributed by atoms with van der Waals surface area (Å²) in [6.45, 7) is 4.14. The molecule has 2 aromatic heterocycles. The van der Waals surface area contributed by atoms with Crippen LogP contribution >= 0.6 is 0 Å². The van der Waals surface area contributed by atoms with Gasteiger partial charge in [0.1, 0.15) is 17.5 Å². The van der Waals surface area contributed by atoms with Crippen LogP contribution in [0.1, 0.15) is 50.0 Å². The molecule has 0 saturated carbocycles. The van der Waals surface area contributed by atoms with E-state index in [9.17, 15) is 19.2 Å². The van der Waals surface area contributed by atoms with E-state index >= 15 is 0 Å². The fraction of sp³-hybridized carbons (Fsp3) is 0.433. The molecule has 41 heavy (non-hydrogen) atoms. The van der Waals surface area contributed by atoms with E-state index in [1.165, 1.54) is 0 Å². The van der Waals surface area contributed by atoms with Crippen LogP contribution in [0.5, 0.6) is 11.6 Å². The quantitative estimate of drug-likeness (QED) is 0.250. The predicted octanol–water partition coefficient (Wildman–Crippen LogP) is 2.77. The Morgan fingerprint density at radius 3 is 2.63 bits per heavy atom. The van der Waals surface area contributed by atoms with E-state index in [2.05, 4.69) is 25.9 Å². The minimum atomic E-state index is -0.982. The summed E-state index contributed by atoms with van der Waals surface area (Å²) < 4.78 is 10.9. The number of rotatable bonds is 13. The first-order valence-electron chi connectivity index (χ1n) is 13.9. The molecule has 3 amide bonds. The number of aromatic amines is 1. The Kier molecular flexibility index (Phi) is 9.94. The largest absolute Gasteiger partial charge is 0.496 e. The second-order valence-corrected chi connectivity index (χ2v) is 10.6. The maximum absolute atomic E-state index is 13.6. The Morgan fingerprint density at radius 1 is 1.10 bits per heavy atom. The normalized spacial score (nSPS) is 16.5. The van der Waals surface area contributed by atoms with Gasteiger partial charge in [0.2, 0.25) is 17.7 Å². The number of fused-ring (bicyclic) bond motifs is 1. The van der Waals surface area contributed by atoms with Crippen molar-refractivity contribution in [3.63, 3.8) is 0 Å². The van der Waals surface area contributed by atoms with Gasteiger partial charge in [0.15, 0.2) is 12.4 Å². The van der Waals surface area contributed by atoms with Crippen molar-refractivity contribution >= 4 is 34.4 Å². The van der Waals surface area contributed by atoms with Crippen LogP contribution in [0.3, 0.4) is 0 Å². The number of amides is 3. The number of benzene rings is 1. The monoisotopic (exact) mass is 563 g/mol. The number of aromatic nitrogens is 2. The zero-order valence-corrected chi connectivity index (χ0v) is 23.6. The molecule has 4 N–H and O–H groups in total. The molecule has 0 radical (unpaired) electrons. The number of hydrogen-bond acceptors (Lipinski definition) is 7. The second kappa shape index (κ2) is 13.8. The van der Waals surface area contributed by atoms with Gasteiger partial charge in [-0.25, -0.2) is 4.98 Å². The standard InChI is InChI=1S/C30H37N5O6/c1-18(2)14-23(35-30(39)24-16-20-21(33-24)9-6-10-26(20)40-3)29(38)34-22(15-19-8-7-13-32-28(19)37)25(36)17-41-27-11-4-5-12-31-27/h4-6,9-12,16,18-19,22-23,33H,7-8,13-15,17H2,1-3H3,(H,32,37)(H,34,38)(H,35,39)/t19-,22-,23-/m0/s1. The van der Waals surface area contributed by atoms with Gasteiger partial charge in [0.05, 0.1) is 13.2 Å². The fourth-order valence-electron chi connectivity index (χ4n) is 4.93. The van der Waals surface area contributed by atoms with Crippen LogP contribution in [0, 0.1) is 11.8 Å². The number of H-pyrrole nitrogens is 1. The van der Waals surface area contributed by atoms with Crippen LogP contribution in [0.4, 0.5) is 0 Å². The van der Waals surface area contributed by atoms with E-state index in [1.807, 2.05) is 26.0 Å². The van der Waals surface area contributed by atoms with Gasteiger partial charge in [0, 0.05) is 35.6 Å². The van der Waals surface area contributed by atoms with Gasteiger partial charge in [-0.1, -0.05) is 26.0 Å². The van der Waals surface area contributed by atoms with Crippen LogP contribution in [0.2, 0.25) is 0 Å². The molecule has 1 aromatic carbocycles. The summed E-state index contributed by atoms with van der Waals surface area (Å²) in [6.07, 6.45) is 3.43. The molecule has 1 aliphatic rings. The SMILES string of the molecule is COc1cccc2[nH]c(C(=O)N[C@@H](CC(C)C)C(=O)N[C@@H](C[C@@H]3CCCNC3=O)C(=O)COc3ccccn3)cc12. The van der Waals surface area contributed by atoms with Gasteiger partial charge >= 0.3 is 0 Å². The molecule has 218 valence electrons. The van der Waals surface area contributed by atoms with Crippen molar-refractivity contribution in [1.82, 2.24) is 25.9 Å². The average molecular weight is 564 g/mol. The van der Waals surface area contributed by atoms with Gasteiger partial charge in [-0.05, 0) is 55.9 Å². The molecule has 11 heteroatoms. The fourth-order valence-corrected chi connectivity index (χ4v) is 4.93. The lowest BCUT2D eigenvalue weighted by Gasteiger charge is -2.28. The number of carbonyl (C=O) groups excluding carboxylic acids is 4. The number of piperidine rings is 1. The Bertz CT molecular complexity index is 1370.